The third-order valence-electron chi connectivity index (χ3n) is 3.25. The van der Waals surface area contributed by atoms with Crippen molar-refractivity contribution < 1.29 is 9.53 Å². The highest BCUT2D eigenvalue weighted by molar-refractivity contribution is 6.00. The molecular weight excluding hydrogens is 326 g/mol. The molecule has 4 N–H and O–H groups in total. The standard InChI is InChI=1S/C18H23N3O2.ClH/c1-18(2,19)12-20-17(22)15-6-4-5-7-16(15)21-13-8-10-14(23-3)11-9-13;/h4-11,21H,12,19H2,1-3H3,(H,20,22);1H. The zero-order valence-corrected chi connectivity index (χ0v) is 14.9. The van der Waals surface area contributed by atoms with Crippen molar-refractivity contribution in [3.8, 4) is 5.75 Å². The monoisotopic (exact) mass is 349 g/mol. The Bertz CT molecular complexity index is 667. The van der Waals surface area contributed by atoms with Crippen molar-refractivity contribution in [3.63, 3.8) is 0 Å². The summed E-state index contributed by atoms with van der Waals surface area (Å²) in [5, 5.41) is 6.11. The van der Waals surface area contributed by atoms with E-state index < -0.39 is 5.54 Å². The number of nitrogens with one attached hydrogen (secondary N) is 2. The number of benzene rings is 2. The quantitative estimate of drug-likeness (QED) is 0.747. The Labute approximate surface area is 149 Å². The van der Waals surface area contributed by atoms with E-state index in [1.807, 2.05) is 56.3 Å². The lowest BCUT2D eigenvalue weighted by Crippen LogP contribution is -2.45. The summed E-state index contributed by atoms with van der Waals surface area (Å²) in [7, 11) is 1.63. The number of para-hydroxylation sites is 1. The largest absolute Gasteiger partial charge is 0.497 e. The molecular formula is C18H24ClN3O2. The van der Waals surface area contributed by atoms with Crippen molar-refractivity contribution in [2.45, 2.75) is 19.4 Å². The average molecular weight is 350 g/mol. The predicted octanol–water partition coefficient (Wildman–Crippen LogP) is 3.33. The van der Waals surface area contributed by atoms with Crippen LogP contribution < -0.4 is 21.1 Å². The van der Waals surface area contributed by atoms with Crippen LogP contribution in [0.4, 0.5) is 11.4 Å². The molecule has 0 aromatic heterocycles. The number of carbonyl (C=O) groups excluding carboxylic acids is 1. The lowest BCUT2D eigenvalue weighted by atomic mass is 10.1. The molecule has 5 nitrogen and oxygen atoms in total. The zero-order chi connectivity index (χ0) is 16.9. The van der Waals surface area contributed by atoms with Crippen molar-refractivity contribution in [2.24, 2.45) is 5.73 Å². The topological polar surface area (TPSA) is 76.4 Å². The molecule has 2 rings (SSSR count). The van der Waals surface area contributed by atoms with Gasteiger partial charge in [0.2, 0.25) is 0 Å². The van der Waals surface area contributed by atoms with Gasteiger partial charge in [-0.1, -0.05) is 12.1 Å². The minimum absolute atomic E-state index is 0. The summed E-state index contributed by atoms with van der Waals surface area (Å²) in [6.07, 6.45) is 0. The molecule has 0 heterocycles. The van der Waals surface area contributed by atoms with Crippen LogP contribution in [0, 0.1) is 0 Å². The molecule has 2 aromatic rings. The molecule has 0 bridgehead atoms. The number of methoxy groups -OCH3 is 1. The molecule has 0 aliphatic rings. The van der Waals surface area contributed by atoms with E-state index in [1.165, 1.54) is 0 Å². The number of ether oxygens (including phenoxy) is 1. The van der Waals surface area contributed by atoms with Crippen molar-refractivity contribution in [3.05, 3.63) is 54.1 Å². The molecule has 24 heavy (non-hydrogen) atoms. The van der Waals surface area contributed by atoms with Crippen molar-refractivity contribution in [2.75, 3.05) is 19.0 Å². The van der Waals surface area contributed by atoms with E-state index >= 15 is 0 Å². The summed E-state index contributed by atoms with van der Waals surface area (Å²) < 4.78 is 5.14. The first-order chi connectivity index (χ1) is 10.9. The second-order valence-corrected chi connectivity index (χ2v) is 6.07. The van der Waals surface area contributed by atoms with Crippen LogP contribution in [0.25, 0.3) is 0 Å². The highest BCUT2D eigenvalue weighted by Crippen LogP contribution is 2.22. The summed E-state index contributed by atoms with van der Waals surface area (Å²) in [6, 6.07) is 14.9. The van der Waals surface area contributed by atoms with Crippen LogP contribution in [-0.4, -0.2) is 25.1 Å². The zero-order valence-electron chi connectivity index (χ0n) is 14.1. The van der Waals surface area contributed by atoms with Gasteiger partial charge in [-0.15, -0.1) is 12.4 Å². The Kier molecular flexibility index (Phi) is 7.07. The Morgan fingerprint density at radius 1 is 1.12 bits per heavy atom. The molecule has 130 valence electrons. The van der Waals surface area contributed by atoms with E-state index in [2.05, 4.69) is 10.6 Å². The summed E-state index contributed by atoms with van der Waals surface area (Å²) in [5.41, 5.74) is 7.66. The van der Waals surface area contributed by atoms with Crippen molar-refractivity contribution in [1.82, 2.24) is 5.32 Å². The molecule has 6 heteroatoms. The Morgan fingerprint density at radius 2 is 1.75 bits per heavy atom. The maximum absolute atomic E-state index is 12.4. The fourth-order valence-corrected chi connectivity index (χ4v) is 2.02. The summed E-state index contributed by atoms with van der Waals surface area (Å²) >= 11 is 0. The van der Waals surface area contributed by atoms with Crippen LogP contribution in [0.1, 0.15) is 24.2 Å². The van der Waals surface area contributed by atoms with Gasteiger partial charge in [0, 0.05) is 17.8 Å². The number of nitrogens with two attached hydrogens (primary N) is 1. The average Bonchev–Trinajstić information content (AvgIpc) is 2.53. The van der Waals surface area contributed by atoms with E-state index in [1.54, 1.807) is 13.2 Å². The normalized spacial score (nSPS) is 10.5. The Morgan fingerprint density at radius 3 is 2.33 bits per heavy atom. The molecule has 2 aromatic carbocycles. The maximum Gasteiger partial charge on any atom is 0.253 e. The lowest BCUT2D eigenvalue weighted by Gasteiger charge is -2.19. The second kappa shape index (κ2) is 8.57. The first kappa shape index (κ1) is 19.8. The SMILES string of the molecule is COc1ccc(Nc2ccccc2C(=O)NCC(C)(C)N)cc1.Cl. The smallest absolute Gasteiger partial charge is 0.253 e. The molecule has 0 aliphatic heterocycles. The van der Waals surface area contributed by atoms with Gasteiger partial charge in [0.25, 0.3) is 5.91 Å². The lowest BCUT2D eigenvalue weighted by molar-refractivity contribution is 0.0947. The molecule has 0 atom stereocenters. The highest BCUT2D eigenvalue weighted by Gasteiger charge is 2.15. The van der Waals surface area contributed by atoms with Gasteiger partial charge in [-0.25, -0.2) is 0 Å². The minimum atomic E-state index is -0.450. The fourth-order valence-electron chi connectivity index (χ4n) is 2.02. The van der Waals surface area contributed by atoms with Crippen LogP contribution in [0.3, 0.4) is 0 Å². The first-order valence-corrected chi connectivity index (χ1v) is 7.46. The second-order valence-electron chi connectivity index (χ2n) is 6.07. The molecule has 0 unspecified atom stereocenters. The maximum atomic E-state index is 12.4. The number of halogens is 1. The number of hydrogen-bond donors (Lipinski definition) is 3. The molecule has 1 amide bonds. The molecule has 0 radical (unpaired) electrons. The number of amides is 1. The molecule has 0 saturated heterocycles. The van der Waals surface area contributed by atoms with Gasteiger partial charge in [-0.05, 0) is 50.2 Å². The van der Waals surface area contributed by atoms with Crippen LogP contribution >= 0.6 is 12.4 Å². The first-order valence-electron chi connectivity index (χ1n) is 7.46. The number of carbonyl (C=O) groups is 1. The van der Waals surface area contributed by atoms with Crippen LogP contribution in [0.15, 0.2) is 48.5 Å². The predicted molar refractivity (Wildman–Crippen MR) is 101 cm³/mol. The van der Waals surface area contributed by atoms with Gasteiger partial charge in [0.05, 0.1) is 18.4 Å². The number of anilines is 2. The Balaban J connectivity index is 0.00000288. The van der Waals surface area contributed by atoms with E-state index in [9.17, 15) is 4.79 Å². The molecule has 0 saturated carbocycles. The van der Waals surface area contributed by atoms with Crippen LogP contribution in [-0.2, 0) is 0 Å². The summed E-state index contributed by atoms with van der Waals surface area (Å²) in [6.45, 7) is 4.15. The van der Waals surface area contributed by atoms with Gasteiger partial charge >= 0.3 is 0 Å². The minimum Gasteiger partial charge on any atom is -0.497 e. The Hall–Kier alpha value is -2.24. The van der Waals surface area contributed by atoms with E-state index in [0.29, 0.717) is 12.1 Å². The summed E-state index contributed by atoms with van der Waals surface area (Å²) in [4.78, 5) is 12.4. The highest BCUT2D eigenvalue weighted by atomic mass is 35.5. The van der Waals surface area contributed by atoms with Crippen LogP contribution in [0.5, 0.6) is 5.75 Å². The third kappa shape index (κ3) is 5.76. The van der Waals surface area contributed by atoms with Crippen molar-refractivity contribution in [1.29, 1.82) is 0 Å². The van der Waals surface area contributed by atoms with Gasteiger partial charge in [-0.2, -0.15) is 0 Å². The number of hydrogen-bond acceptors (Lipinski definition) is 4. The third-order valence-corrected chi connectivity index (χ3v) is 3.25. The van der Waals surface area contributed by atoms with Gasteiger partial charge in [0.1, 0.15) is 5.75 Å². The fraction of sp³-hybridized carbons (Fsp3) is 0.278. The van der Waals surface area contributed by atoms with E-state index in [-0.39, 0.29) is 18.3 Å². The van der Waals surface area contributed by atoms with Crippen molar-refractivity contribution >= 4 is 29.7 Å². The molecule has 0 aliphatic carbocycles. The summed E-state index contributed by atoms with van der Waals surface area (Å²) in [5.74, 6) is 0.631. The van der Waals surface area contributed by atoms with E-state index in [4.69, 9.17) is 10.5 Å². The van der Waals surface area contributed by atoms with Crippen LogP contribution in [0.2, 0.25) is 0 Å². The molecule has 0 fully saturated rings. The van der Waals surface area contributed by atoms with E-state index in [0.717, 1.165) is 17.1 Å². The van der Waals surface area contributed by atoms with Gasteiger partial charge in [0.15, 0.2) is 0 Å². The molecule has 0 spiro atoms. The number of rotatable bonds is 6. The van der Waals surface area contributed by atoms with Gasteiger partial charge < -0.3 is 21.1 Å². The van der Waals surface area contributed by atoms with Gasteiger partial charge in [-0.3, -0.25) is 4.79 Å².